The molecule has 1 saturated carbocycles. The highest BCUT2D eigenvalue weighted by Crippen LogP contribution is 2.47. The average molecular weight is 419 g/mol. The van der Waals surface area contributed by atoms with Gasteiger partial charge in [0.25, 0.3) is 0 Å². The Labute approximate surface area is 181 Å². The van der Waals surface area contributed by atoms with E-state index in [1.807, 2.05) is 45.0 Å². The third-order valence-electron chi connectivity index (χ3n) is 6.00. The van der Waals surface area contributed by atoms with E-state index in [4.69, 9.17) is 10.3 Å². The third kappa shape index (κ3) is 3.79. The van der Waals surface area contributed by atoms with Crippen LogP contribution in [0.25, 0.3) is 11.3 Å². The van der Waals surface area contributed by atoms with E-state index in [0.29, 0.717) is 23.0 Å². The molecule has 0 radical (unpaired) electrons. The van der Waals surface area contributed by atoms with Crippen molar-refractivity contribution >= 4 is 17.6 Å². The van der Waals surface area contributed by atoms with Gasteiger partial charge >= 0.3 is 0 Å². The third-order valence-corrected chi connectivity index (χ3v) is 6.00. The van der Waals surface area contributed by atoms with Gasteiger partial charge in [-0.25, -0.2) is 4.68 Å². The minimum absolute atomic E-state index is 0.0444. The maximum absolute atomic E-state index is 12.7. The molecule has 0 spiro atoms. The summed E-state index contributed by atoms with van der Waals surface area (Å²) in [6.07, 6.45) is 2.18. The summed E-state index contributed by atoms with van der Waals surface area (Å²) < 4.78 is 6.93. The van der Waals surface area contributed by atoms with Crippen molar-refractivity contribution in [3.63, 3.8) is 0 Å². The van der Waals surface area contributed by atoms with E-state index >= 15 is 0 Å². The van der Waals surface area contributed by atoms with Gasteiger partial charge in [-0.2, -0.15) is 10.4 Å². The van der Waals surface area contributed by atoms with Gasteiger partial charge in [0.15, 0.2) is 0 Å². The fraction of sp³-hybridized carbons (Fsp3) is 0.391. The molecule has 8 nitrogen and oxygen atoms in total. The average Bonchev–Trinajstić information content (AvgIpc) is 3.18. The Balaban J connectivity index is 1.50. The van der Waals surface area contributed by atoms with Crippen LogP contribution in [0.5, 0.6) is 0 Å². The summed E-state index contributed by atoms with van der Waals surface area (Å²) in [4.78, 5) is 12.7. The number of hydrogen-bond donors (Lipinski definition) is 2. The van der Waals surface area contributed by atoms with Gasteiger partial charge in [-0.05, 0) is 39.2 Å². The predicted octanol–water partition coefficient (Wildman–Crippen LogP) is 4.37. The highest BCUT2D eigenvalue weighted by atomic mass is 16.5. The van der Waals surface area contributed by atoms with Gasteiger partial charge in [0.2, 0.25) is 11.8 Å². The second kappa shape index (κ2) is 7.58. The lowest BCUT2D eigenvalue weighted by Gasteiger charge is -2.11. The highest BCUT2D eigenvalue weighted by molar-refractivity contribution is 5.94. The monoisotopic (exact) mass is 418 g/mol. The molecule has 1 aliphatic carbocycles. The van der Waals surface area contributed by atoms with Crippen LogP contribution < -0.4 is 11.1 Å². The molecule has 1 atom stereocenters. The molecule has 31 heavy (non-hydrogen) atoms. The number of nitrogens with zero attached hydrogens (tertiary/aromatic N) is 4. The van der Waals surface area contributed by atoms with Crippen LogP contribution in [0, 0.1) is 11.3 Å². The minimum Gasteiger partial charge on any atom is -0.383 e. The van der Waals surface area contributed by atoms with Crippen molar-refractivity contribution in [3.8, 4) is 17.3 Å². The number of carbonyl (C=O) groups excluding carboxylic acids is 1. The van der Waals surface area contributed by atoms with Crippen molar-refractivity contribution in [1.29, 1.82) is 5.26 Å². The number of benzene rings is 1. The van der Waals surface area contributed by atoms with Gasteiger partial charge in [-0.1, -0.05) is 36.3 Å². The number of nitrogens with two attached hydrogens (primary N) is 1. The SMILES string of the molecule is CC(C(=O)Nc1cc(C2(C)CC2)no1)c1ccc(-c2nn(C(C)C)c(N)c2C#N)cc1. The Morgan fingerprint density at radius 1 is 1.29 bits per heavy atom. The zero-order valence-electron chi connectivity index (χ0n) is 18.1. The molecule has 2 heterocycles. The van der Waals surface area contributed by atoms with Crippen LogP contribution in [0.4, 0.5) is 11.7 Å². The molecule has 4 rings (SSSR count). The second-order valence-corrected chi connectivity index (χ2v) is 8.73. The van der Waals surface area contributed by atoms with Crippen molar-refractivity contribution in [3.05, 3.63) is 47.2 Å². The van der Waals surface area contributed by atoms with Crippen LogP contribution in [0.15, 0.2) is 34.9 Å². The number of aromatic nitrogens is 3. The summed E-state index contributed by atoms with van der Waals surface area (Å²) >= 11 is 0. The van der Waals surface area contributed by atoms with E-state index in [1.54, 1.807) is 10.7 Å². The standard InChI is InChI=1S/C23H26N6O2/c1-13(2)29-21(25)17(12-24)20(27-29)16-7-5-15(6-8-16)14(3)22(30)26-19-11-18(28-31-19)23(4)9-10-23/h5-8,11,13-14H,9-10,25H2,1-4H3,(H,26,30). The van der Waals surface area contributed by atoms with Gasteiger partial charge < -0.3 is 10.3 Å². The van der Waals surface area contributed by atoms with Crippen LogP contribution in [-0.4, -0.2) is 20.8 Å². The summed E-state index contributed by atoms with van der Waals surface area (Å²) in [6.45, 7) is 7.88. The molecule has 3 aromatic rings. The summed E-state index contributed by atoms with van der Waals surface area (Å²) in [7, 11) is 0. The van der Waals surface area contributed by atoms with Crippen LogP contribution in [-0.2, 0) is 10.2 Å². The molecule has 0 aliphatic heterocycles. The molecule has 1 unspecified atom stereocenters. The zero-order valence-corrected chi connectivity index (χ0v) is 18.1. The maximum Gasteiger partial charge on any atom is 0.234 e. The van der Waals surface area contributed by atoms with E-state index in [9.17, 15) is 10.1 Å². The summed E-state index contributed by atoms with van der Waals surface area (Å²) in [6, 6.07) is 11.4. The maximum atomic E-state index is 12.7. The molecule has 8 heteroatoms. The van der Waals surface area contributed by atoms with E-state index in [2.05, 4.69) is 28.6 Å². The summed E-state index contributed by atoms with van der Waals surface area (Å²) in [5.74, 6) is 0.149. The molecule has 1 aromatic carbocycles. The zero-order chi connectivity index (χ0) is 22.3. The van der Waals surface area contributed by atoms with Crippen LogP contribution in [0.1, 0.15) is 69.3 Å². The molecular weight excluding hydrogens is 392 g/mol. The fourth-order valence-electron chi connectivity index (χ4n) is 3.53. The van der Waals surface area contributed by atoms with Crippen LogP contribution >= 0.6 is 0 Å². The highest BCUT2D eigenvalue weighted by Gasteiger charge is 2.42. The van der Waals surface area contributed by atoms with Crippen molar-refractivity contribution in [2.24, 2.45) is 0 Å². The lowest BCUT2D eigenvalue weighted by molar-refractivity contribution is -0.117. The Kier molecular flexibility index (Phi) is 5.05. The first kappa shape index (κ1) is 20.7. The number of carbonyl (C=O) groups is 1. The first-order valence-electron chi connectivity index (χ1n) is 10.4. The van der Waals surface area contributed by atoms with E-state index in [-0.39, 0.29) is 17.4 Å². The normalized spacial score (nSPS) is 15.5. The Hall–Kier alpha value is -3.60. The van der Waals surface area contributed by atoms with Gasteiger partial charge in [-0.3, -0.25) is 10.1 Å². The molecule has 3 N–H and O–H groups in total. The van der Waals surface area contributed by atoms with Crippen LogP contribution in [0.2, 0.25) is 0 Å². The Morgan fingerprint density at radius 3 is 2.55 bits per heavy atom. The lowest BCUT2D eigenvalue weighted by Crippen LogP contribution is -2.18. The number of nitrogen functional groups attached to an aromatic ring is 1. The number of amides is 1. The van der Waals surface area contributed by atoms with E-state index < -0.39 is 5.92 Å². The first-order chi connectivity index (χ1) is 14.7. The Morgan fingerprint density at radius 2 is 1.97 bits per heavy atom. The van der Waals surface area contributed by atoms with Gasteiger partial charge in [0, 0.05) is 23.1 Å². The number of nitrogens with one attached hydrogen (secondary N) is 1. The second-order valence-electron chi connectivity index (χ2n) is 8.73. The van der Waals surface area contributed by atoms with Gasteiger partial charge in [0.05, 0.1) is 11.6 Å². The van der Waals surface area contributed by atoms with Gasteiger partial charge in [0.1, 0.15) is 23.1 Å². The Bertz CT molecular complexity index is 1160. The van der Waals surface area contributed by atoms with E-state index in [1.165, 1.54) is 0 Å². The number of nitriles is 1. The predicted molar refractivity (Wildman–Crippen MR) is 117 cm³/mol. The molecule has 0 bridgehead atoms. The summed E-state index contributed by atoms with van der Waals surface area (Å²) in [5.41, 5.74) is 9.57. The largest absolute Gasteiger partial charge is 0.383 e. The molecule has 160 valence electrons. The lowest BCUT2D eigenvalue weighted by atomic mass is 9.97. The smallest absolute Gasteiger partial charge is 0.234 e. The van der Waals surface area contributed by atoms with Crippen molar-refractivity contribution < 1.29 is 9.32 Å². The van der Waals surface area contributed by atoms with Crippen LogP contribution in [0.3, 0.4) is 0 Å². The molecule has 1 aliphatic rings. The van der Waals surface area contributed by atoms with E-state index in [0.717, 1.165) is 29.7 Å². The number of hydrogen-bond acceptors (Lipinski definition) is 6. The quantitative estimate of drug-likeness (QED) is 0.613. The molecule has 1 fully saturated rings. The minimum atomic E-state index is -0.396. The first-order valence-corrected chi connectivity index (χ1v) is 10.4. The molecule has 2 aromatic heterocycles. The molecule has 0 saturated heterocycles. The van der Waals surface area contributed by atoms with Crippen molar-refractivity contribution in [2.75, 3.05) is 11.1 Å². The summed E-state index contributed by atoms with van der Waals surface area (Å²) in [5, 5.41) is 20.9. The van der Waals surface area contributed by atoms with Crippen molar-refractivity contribution in [2.45, 2.75) is 57.9 Å². The number of rotatable bonds is 6. The topological polar surface area (TPSA) is 123 Å². The van der Waals surface area contributed by atoms with Gasteiger partial charge in [-0.15, -0.1) is 0 Å². The fourth-order valence-corrected chi connectivity index (χ4v) is 3.53. The molecular formula is C23H26N6O2. The number of anilines is 2. The van der Waals surface area contributed by atoms with Crippen molar-refractivity contribution in [1.82, 2.24) is 14.9 Å². The molecule has 1 amide bonds.